The second-order valence-electron chi connectivity index (χ2n) is 4.38. The third-order valence-electron chi connectivity index (χ3n) is 3.38. The predicted octanol–water partition coefficient (Wildman–Crippen LogP) is 0.221. The minimum absolute atomic E-state index is 0.345. The standard InChI is InChI=1S/C11H20N4O/c1-15-10(4-6-13-15)2-3-11(14-12)9-5-7-16-8-9/h4,6,9,11,14H,2-3,5,7-8,12H2,1H3. The van der Waals surface area contributed by atoms with Gasteiger partial charge in [-0.3, -0.25) is 16.0 Å². The van der Waals surface area contributed by atoms with Crippen LogP contribution in [0.15, 0.2) is 12.3 Å². The summed E-state index contributed by atoms with van der Waals surface area (Å²) >= 11 is 0. The lowest BCUT2D eigenvalue weighted by atomic mass is 9.95. The van der Waals surface area contributed by atoms with Gasteiger partial charge in [-0.15, -0.1) is 0 Å². The van der Waals surface area contributed by atoms with E-state index >= 15 is 0 Å². The molecule has 3 N–H and O–H groups in total. The van der Waals surface area contributed by atoms with E-state index in [1.807, 2.05) is 17.9 Å². The summed E-state index contributed by atoms with van der Waals surface area (Å²) in [6.07, 6.45) is 4.98. The van der Waals surface area contributed by atoms with Gasteiger partial charge in [0.15, 0.2) is 0 Å². The maximum absolute atomic E-state index is 5.60. The molecule has 0 bridgehead atoms. The lowest BCUT2D eigenvalue weighted by Crippen LogP contribution is -2.41. The zero-order valence-electron chi connectivity index (χ0n) is 9.72. The van der Waals surface area contributed by atoms with Crippen LogP contribution in [0.25, 0.3) is 0 Å². The molecule has 2 heterocycles. The molecule has 0 aliphatic carbocycles. The SMILES string of the molecule is Cn1nccc1CCC(NN)C1CCOC1. The van der Waals surface area contributed by atoms with E-state index in [1.54, 1.807) is 0 Å². The molecule has 1 aliphatic heterocycles. The fourth-order valence-corrected chi connectivity index (χ4v) is 2.28. The van der Waals surface area contributed by atoms with Crippen molar-refractivity contribution in [1.29, 1.82) is 0 Å². The Labute approximate surface area is 95.9 Å². The van der Waals surface area contributed by atoms with Crippen molar-refractivity contribution in [3.05, 3.63) is 18.0 Å². The molecule has 1 aromatic heterocycles. The summed E-state index contributed by atoms with van der Waals surface area (Å²) in [6.45, 7) is 1.70. The van der Waals surface area contributed by atoms with E-state index in [0.717, 1.165) is 32.5 Å². The summed E-state index contributed by atoms with van der Waals surface area (Å²) < 4.78 is 7.30. The Morgan fingerprint density at radius 2 is 2.62 bits per heavy atom. The summed E-state index contributed by atoms with van der Waals surface area (Å²) in [6, 6.07) is 2.40. The molecule has 1 saturated heterocycles. The van der Waals surface area contributed by atoms with Crippen molar-refractivity contribution < 1.29 is 4.74 Å². The third kappa shape index (κ3) is 2.61. The number of hydrogen-bond acceptors (Lipinski definition) is 4. The van der Waals surface area contributed by atoms with Gasteiger partial charge in [-0.1, -0.05) is 0 Å². The number of hydrazine groups is 1. The maximum atomic E-state index is 5.60. The van der Waals surface area contributed by atoms with Crippen LogP contribution in [-0.4, -0.2) is 29.0 Å². The minimum atomic E-state index is 0.345. The first-order chi connectivity index (χ1) is 7.81. The summed E-state index contributed by atoms with van der Waals surface area (Å²) in [7, 11) is 1.97. The van der Waals surface area contributed by atoms with Gasteiger partial charge >= 0.3 is 0 Å². The maximum Gasteiger partial charge on any atom is 0.0510 e. The van der Waals surface area contributed by atoms with Crippen molar-refractivity contribution >= 4 is 0 Å². The van der Waals surface area contributed by atoms with Gasteiger partial charge in [0.2, 0.25) is 0 Å². The minimum Gasteiger partial charge on any atom is -0.381 e. The quantitative estimate of drug-likeness (QED) is 0.555. The number of ether oxygens (including phenoxy) is 1. The molecule has 90 valence electrons. The smallest absolute Gasteiger partial charge is 0.0510 e. The molecule has 1 aromatic rings. The molecule has 2 rings (SSSR count). The first kappa shape index (κ1) is 11.6. The molecule has 0 radical (unpaired) electrons. The lowest BCUT2D eigenvalue weighted by Gasteiger charge is -2.21. The van der Waals surface area contributed by atoms with Gasteiger partial charge in [-0.05, 0) is 25.3 Å². The monoisotopic (exact) mass is 224 g/mol. The Morgan fingerprint density at radius 3 is 3.19 bits per heavy atom. The van der Waals surface area contributed by atoms with Crippen LogP contribution in [0, 0.1) is 5.92 Å². The van der Waals surface area contributed by atoms with Gasteiger partial charge in [-0.2, -0.15) is 5.10 Å². The largest absolute Gasteiger partial charge is 0.381 e. The second-order valence-corrected chi connectivity index (χ2v) is 4.38. The molecule has 16 heavy (non-hydrogen) atoms. The van der Waals surface area contributed by atoms with E-state index in [-0.39, 0.29) is 0 Å². The van der Waals surface area contributed by atoms with Crippen LogP contribution in [0.5, 0.6) is 0 Å². The van der Waals surface area contributed by atoms with Gasteiger partial charge < -0.3 is 4.74 Å². The zero-order chi connectivity index (χ0) is 11.4. The molecule has 0 saturated carbocycles. The highest BCUT2D eigenvalue weighted by Gasteiger charge is 2.24. The molecule has 5 nitrogen and oxygen atoms in total. The fraction of sp³-hybridized carbons (Fsp3) is 0.727. The third-order valence-corrected chi connectivity index (χ3v) is 3.38. The van der Waals surface area contributed by atoms with Crippen LogP contribution in [0.1, 0.15) is 18.5 Å². The van der Waals surface area contributed by atoms with Crippen LogP contribution in [0.4, 0.5) is 0 Å². The van der Waals surface area contributed by atoms with Gasteiger partial charge in [0.25, 0.3) is 0 Å². The van der Waals surface area contributed by atoms with Crippen LogP contribution >= 0.6 is 0 Å². The molecule has 2 unspecified atom stereocenters. The van der Waals surface area contributed by atoms with Crippen molar-refractivity contribution in [3.63, 3.8) is 0 Å². The fourth-order valence-electron chi connectivity index (χ4n) is 2.28. The van der Waals surface area contributed by atoms with E-state index in [4.69, 9.17) is 10.6 Å². The first-order valence-corrected chi connectivity index (χ1v) is 5.82. The number of aromatic nitrogens is 2. The Bertz CT molecular complexity index is 320. The zero-order valence-corrected chi connectivity index (χ0v) is 9.72. The Balaban J connectivity index is 1.85. The summed E-state index contributed by atoms with van der Waals surface area (Å²) in [5.74, 6) is 6.16. The molecule has 5 heteroatoms. The Hall–Kier alpha value is -0.910. The Morgan fingerprint density at radius 1 is 1.75 bits per heavy atom. The average Bonchev–Trinajstić information content (AvgIpc) is 2.92. The van der Waals surface area contributed by atoms with E-state index in [9.17, 15) is 0 Å². The van der Waals surface area contributed by atoms with Crippen molar-refractivity contribution in [2.24, 2.45) is 18.8 Å². The number of nitrogens with zero attached hydrogens (tertiary/aromatic N) is 2. The number of hydrogen-bond donors (Lipinski definition) is 2. The molecule has 1 fully saturated rings. The number of rotatable bonds is 5. The molecule has 0 amide bonds. The van der Waals surface area contributed by atoms with Crippen molar-refractivity contribution in [2.75, 3.05) is 13.2 Å². The highest BCUT2D eigenvalue weighted by Crippen LogP contribution is 2.19. The predicted molar refractivity (Wildman–Crippen MR) is 61.6 cm³/mol. The van der Waals surface area contributed by atoms with Crippen LogP contribution in [0.2, 0.25) is 0 Å². The summed E-state index contributed by atoms with van der Waals surface area (Å²) in [5, 5.41) is 4.16. The molecule has 1 aliphatic rings. The number of nitrogens with two attached hydrogens (primary N) is 1. The van der Waals surface area contributed by atoms with Crippen LogP contribution < -0.4 is 11.3 Å². The normalized spacial score (nSPS) is 22.5. The molecular weight excluding hydrogens is 204 g/mol. The van der Waals surface area contributed by atoms with Gasteiger partial charge in [0.1, 0.15) is 0 Å². The van der Waals surface area contributed by atoms with Gasteiger partial charge in [0.05, 0.1) is 6.61 Å². The van der Waals surface area contributed by atoms with Crippen LogP contribution in [0.3, 0.4) is 0 Å². The number of aryl methyl sites for hydroxylation is 2. The lowest BCUT2D eigenvalue weighted by molar-refractivity contribution is 0.175. The van der Waals surface area contributed by atoms with E-state index in [0.29, 0.717) is 12.0 Å². The van der Waals surface area contributed by atoms with Crippen LogP contribution in [-0.2, 0) is 18.2 Å². The second kappa shape index (κ2) is 5.43. The van der Waals surface area contributed by atoms with Gasteiger partial charge in [0, 0.05) is 37.5 Å². The molecular formula is C11H20N4O. The molecule has 0 aromatic carbocycles. The molecule has 2 atom stereocenters. The highest BCUT2D eigenvalue weighted by atomic mass is 16.5. The van der Waals surface area contributed by atoms with E-state index < -0.39 is 0 Å². The van der Waals surface area contributed by atoms with Crippen molar-refractivity contribution in [1.82, 2.24) is 15.2 Å². The Kier molecular flexibility index (Phi) is 3.93. The summed E-state index contributed by atoms with van der Waals surface area (Å²) in [5.41, 5.74) is 4.17. The van der Waals surface area contributed by atoms with E-state index in [1.165, 1.54) is 5.69 Å². The first-order valence-electron chi connectivity index (χ1n) is 5.82. The number of nitrogens with one attached hydrogen (secondary N) is 1. The average molecular weight is 224 g/mol. The molecule has 0 spiro atoms. The summed E-state index contributed by atoms with van der Waals surface area (Å²) in [4.78, 5) is 0. The van der Waals surface area contributed by atoms with E-state index in [2.05, 4.69) is 16.6 Å². The van der Waals surface area contributed by atoms with Gasteiger partial charge in [-0.25, -0.2) is 0 Å². The van der Waals surface area contributed by atoms with Crippen molar-refractivity contribution in [3.8, 4) is 0 Å². The highest BCUT2D eigenvalue weighted by molar-refractivity contribution is 5.00. The van der Waals surface area contributed by atoms with Crippen molar-refractivity contribution in [2.45, 2.75) is 25.3 Å². The topological polar surface area (TPSA) is 65.1 Å².